The molecule has 1 aromatic carbocycles. The third kappa shape index (κ3) is 3.92. The normalized spacial score (nSPS) is 11.0. The monoisotopic (exact) mass is 362 g/mol. The zero-order chi connectivity index (χ0) is 18.6. The third-order valence-electron chi connectivity index (χ3n) is 4.20. The van der Waals surface area contributed by atoms with Gasteiger partial charge in [-0.3, -0.25) is 4.98 Å². The van der Waals surface area contributed by atoms with Crippen molar-refractivity contribution in [1.29, 1.82) is 0 Å². The molecule has 3 aromatic heterocycles. The van der Waals surface area contributed by atoms with Gasteiger partial charge in [0.2, 0.25) is 0 Å². The van der Waals surface area contributed by atoms with E-state index in [1.54, 1.807) is 12.3 Å². The molecule has 27 heavy (non-hydrogen) atoms. The van der Waals surface area contributed by atoms with Gasteiger partial charge < -0.3 is 10.3 Å². The van der Waals surface area contributed by atoms with E-state index >= 15 is 0 Å². The summed E-state index contributed by atoms with van der Waals surface area (Å²) >= 11 is 0. The van der Waals surface area contributed by atoms with Crippen molar-refractivity contribution in [1.82, 2.24) is 24.9 Å². The van der Waals surface area contributed by atoms with Gasteiger partial charge in [0.05, 0.1) is 11.0 Å². The minimum absolute atomic E-state index is 0.272. The average molecular weight is 362 g/mol. The van der Waals surface area contributed by atoms with E-state index in [2.05, 4.69) is 37.2 Å². The number of nitrogens with zero attached hydrogens (tertiary/aromatic N) is 4. The van der Waals surface area contributed by atoms with E-state index in [0.717, 1.165) is 35.0 Å². The Kier molecular flexibility index (Phi) is 4.74. The first-order valence-corrected chi connectivity index (χ1v) is 8.88. The summed E-state index contributed by atoms with van der Waals surface area (Å²) in [6, 6.07) is 12.2. The van der Waals surface area contributed by atoms with E-state index in [1.807, 2.05) is 24.3 Å². The van der Waals surface area contributed by atoms with Gasteiger partial charge in [0.25, 0.3) is 0 Å². The van der Waals surface area contributed by atoms with E-state index in [1.165, 1.54) is 12.1 Å². The Morgan fingerprint density at radius 2 is 2.00 bits per heavy atom. The molecule has 4 rings (SSSR count). The molecule has 0 saturated carbocycles. The number of hydrogen-bond acceptors (Lipinski definition) is 5. The van der Waals surface area contributed by atoms with E-state index < -0.39 is 0 Å². The Morgan fingerprint density at radius 3 is 2.81 bits per heavy atom. The third-order valence-corrected chi connectivity index (χ3v) is 4.20. The number of aromatic amines is 1. The average Bonchev–Trinajstić information content (AvgIpc) is 3.10. The molecule has 2 N–H and O–H groups in total. The van der Waals surface area contributed by atoms with Crippen LogP contribution < -0.4 is 5.32 Å². The van der Waals surface area contributed by atoms with Crippen molar-refractivity contribution in [2.75, 3.05) is 11.9 Å². The van der Waals surface area contributed by atoms with Gasteiger partial charge in [-0.05, 0) is 36.8 Å². The van der Waals surface area contributed by atoms with Crippen LogP contribution in [0.15, 0.2) is 48.7 Å². The highest BCUT2D eigenvalue weighted by Crippen LogP contribution is 2.17. The highest BCUT2D eigenvalue weighted by atomic mass is 19.1. The number of rotatable bonds is 6. The smallest absolute Gasteiger partial charge is 0.180 e. The van der Waals surface area contributed by atoms with Gasteiger partial charge in [-0.25, -0.2) is 19.3 Å². The predicted octanol–water partition coefficient (Wildman–Crippen LogP) is 3.77. The summed E-state index contributed by atoms with van der Waals surface area (Å²) in [6.45, 7) is 2.70. The minimum atomic E-state index is -0.272. The van der Waals surface area contributed by atoms with Gasteiger partial charge in [-0.1, -0.05) is 13.0 Å². The number of imidazole rings is 1. The highest BCUT2D eigenvalue weighted by molar-refractivity contribution is 5.74. The van der Waals surface area contributed by atoms with Crippen LogP contribution in [0.25, 0.3) is 22.6 Å². The van der Waals surface area contributed by atoms with E-state index in [9.17, 15) is 4.39 Å². The lowest BCUT2D eigenvalue weighted by Crippen LogP contribution is -2.09. The molecule has 0 unspecified atom stereocenters. The van der Waals surface area contributed by atoms with Crippen LogP contribution in [0.1, 0.15) is 18.4 Å². The van der Waals surface area contributed by atoms with E-state index in [4.69, 9.17) is 0 Å². The van der Waals surface area contributed by atoms with Crippen LogP contribution >= 0.6 is 0 Å². The zero-order valence-electron chi connectivity index (χ0n) is 14.9. The molecule has 6 nitrogen and oxygen atoms in total. The van der Waals surface area contributed by atoms with E-state index in [0.29, 0.717) is 24.3 Å². The van der Waals surface area contributed by atoms with Crippen molar-refractivity contribution >= 4 is 16.9 Å². The number of anilines is 1. The first kappa shape index (κ1) is 17.1. The van der Waals surface area contributed by atoms with Crippen molar-refractivity contribution in [3.8, 4) is 11.5 Å². The summed E-state index contributed by atoms with van der Waals surface area (Å²) in [5, 5.41) is 3.32. The molecule has 0 spiro atoms. The first-order chi connectivity index (χ1) is 13.2. The van der Waals surface area contributed by atoms with Crippen LogP contribution in [0.4, 0.5) is 10.2 Å². The molecule has 4 aromatic rings. The largest absolute Gasteiger partial charge is 0.369 e. The number of fused-ring (bicyclic) bond motifs is 1. The van der Waals surface area contributed by atoms with Gasteiger partial charge in [0.1, 0.15) is 23.2 Å². The van der Waals surface area contributed by atoms with Crippen LogP contribution in [-0.2, 0) is 12.8 Å². The van der Waals surface area contributed by atoms with Gasteiger partial charge in [0.15, 0.2) is 5.82 Å². The molecule has 0 aliphatic carbocycles. The zero-order valence-corrected chi connectivity index (χ0v) is 14.9. The Labute approximate surface area is 155 Å². The Morgan fingerprint density at radius 1 is 1.07 bits per heavy atom. The van der Waals surface area contributed by atoms with Crippen molar-refractivity contribution in [3.63, 3.8) is 0 Å². The predicted molar refractivity (Wildman–Crippen MR) is 103 cm³/mol. The maximum absolute atomic E-state index is 13.3. The number of benzene rings is 1. The molecule has 0 bridgehead atoms. The second-order valence-electron chi connectivity index (χ2n) is 6.16. The topological polar surface area (TPSA) is 79.4 Å². The lowest BCUT2D eigenvalue weighted by Gasteiger charge is -2.08. The van der Waals surface area contributed by atoms with Crippen molar-refractivity contribution < 1.29 is 4.39 Å². The number of pyridine rings is 1. The quantitative estimate of drug-likeness (QED) is 0.546. The number of aromatic nitrogens is 5. The second kappa shape index (κ2) is 7.49. The minimum Gasteiger partial charge on any atom is -0.369 e. The van der Waals surface area contributed by atoms with Crippen LogP contribution in [0, 0.1) is 5.82 Å². The molecule has 0 aliphatic rings. The van der Waals surface area contributed by atoms with Crippen molar-refractivity contribution in [2.45, 2.75) is 19.8 Å². The summed E-state index contributed by atoms with van der Waals surface area (Å²) in [4.78, 5) is 21.1. The molecule has 136 valence electrons. The number of aryl methyl sites for hydroxylation is 1. The molecule has 0 saturated heterocycles. The number of nitrogens with one attached hydrogen (secondary N) is 2. The molecule has 0 aliphatic heterocycles. The Balaban J connectivity index is 1.48. The summed E-state index contributed by atoms with van der Waals surface area (Å²) in [5.41, 5.74) is 3.17. The maximum atomic E-state index is 13.3. The molecule has 0 fully saturated rings. The Bertz CT molecular complexity index is 1060. The van der Waals surface area contributed by atoms with Gasteiger partial charge >= 0.3 is 0 Å². The fraction of sp³-hybridized carbons (Fsp3) is 0.200. The number of hydrogen-bond donors (Lipinski definition) is 2. The fourth-order valence-electron chi connectivity index (χ4n) is 2.84. The van der Waals surface area contributed by atoms with Gasteiger partial charge in [-0.15, -0.1) is 0 Å². The van der Waals surface area contributed by atoms with Gasteiger partial charge in [0, 0.05) is 30.9 Å². The summed E-state index contributed by atoms with van der Waals surface area (Å²) in [7, 11) is 0. The SMILES string of the molecule is CCc1cc(NCCc2nc3ccc(F)cc3[nH]2)nc(-c2ccccn2)n1. The summed E-state index contributed by atoms with van der Waals surface area (Å²) in [6.07, 6.45) is 3.21. The molecule has 0 radical (unpaired) electrons. The van der Waals surface area contributed by atoms with Crippen LogP contribution in [0.2, 0.25) is 0 Å². The second-order valence-corrected chi connectivity index (χ2v) is 6.16. The maximum Gasteiger partial charge on any atom is 0.180 e. The lowest BCUT2D eigenvalue weighted by molar-refractivity contribution is 0.629. The Hall–Kier alpha value is -3.35. The summed E-state index contributed by atoms with van der Waals surface area (Å²) in [5.74, 6) is 1.89. The number of H-pyrrole nitrogens is 1. The first-order valence-electron chi connectivity index (χ1n) is 8.88. The molecular weight excluding hydrogens is 343 g/mol. The molecule has 0 amide bonds. The molecule has 0 atom stereocenters. The van der Waals surface area contributed by atoms with E-state index in [-0.39, 0.29) is 5.82 Å². The molecular formula is C20H19FN6. The fourth-order valence-corrected chi connectivity index (χ4v) is 2.84. The lowest BCUT2D eigenvalue weighted by atomic mass is 10.2. The van der Waals surface area contributed by atoms with Crippen LogP contribution in [0.3, 0.4) is 0 Å². The highest BCUT2D eigenvalue weighted by Gasteiger charge is 2.08. The van der Waals surface area contributed by atoms with Crippen LogP contribution in [0.5, 0.6) is 0 Å². The standard InChI is InChI=1S/C20H19FN6/c1-2-14-12-19(27-20(24-14)16-5-3-4-9-22-16)23-10-8-18-25-15-7-6-13(21)11-17(15)26-18/h3-7,9,11-12H,2,8,10H2,1H3,(H,25,26)(H,23,24,27). The van der Waals surface area contributed by atoms with Crippen molar-refractivity contribution in [3.05, 3.63) is 66.0 Å². The van der Waals surface area contributed by atoms with Crippen LogP contribution in [-0.4, -0.2) is 31.5 Å². The van der Waals surface area contributed by atoms with Crippen molar-refractivity contribution in [2.24, 2.45) is 0 Å². The van der Waals surface area contributed by atoms with Gasteiger partial charge in [-0.2, -0.15) is 0 Å². The number of halogens is 1. The molecule has 3 heterocycles. The summed E-state index contributed by atoms with van der Waals surface area (Å²) < 4.78 is 13.3. The molecule has 7 heteroatoms.